The number of fused-ring (bicyclic) bond motifs is 2. The number of hydrogen-bond acceptors (Lipinski definition) is 1. The molecule has 3 fully saturated rings. The molecule has 0 aromatic heterocycles. The first kappa shape index (κ1) is 12.2. The minimum atomic E-state index is 0.372. The van der Waals surface area contributed by atoms with Crippen LogP contribution in [0.2, 0.25) is 0 Å². The Balaban J connectivity index is 2.03. The molecular formula is C13H24IN. The van der Waals surface area contributed by atoms with Crippen molar-refractivity contribution >= 4 is 22.6 Å². The van der Waals surface area contributed by atoms with Gasteiger partial charge >= 0.3 is 0 Å². The normalized spacial score (nSPS) is 37.6. The molecule has 2 unspecified atom stereocenters. The second-order valence-corrected chi connectivity index (χ2v) is 9.70. The first-order valence-corrected chi connectivity index (χ1v) is 7.21. The summed E-state index contributed by atoms with van der Waals surface area (Å²) in [5.41, 5.74) is 0.372. The van der Waals surface area contributed by atoms with Crippen LogP contribution < -0.4 is 0 Å². The molecule has 15 heavy (non-hydrogen) atoms. The van der Waals surface area contributed by atoms with E-state index in [0.29, 0.717) is 8.96 Å². The molecule has 2 saturated heterocycles. The lowest BCUT2D eigenvalue weighted by atomic mass is 9.57. The largest absolute Gasteiger partial charge is 0.298 e. The van der Waals surface area contributed by atoms with E-state index >= 15 is 0 Å². The molecular weight excluding hydrogens is 297 g/mol. The Labute approximate surface area is 108 Å². The van der Waals surface area contributed by atoms with Crippen LogP contribution in [0.1, 0.15) is 41.0 Å². The smallest absolute Gasteiger partial charge is 0.0200 e. The van der Waals surface area contributed by atoms with E-state index in [1.54, 1.807) is 0 Å². The van der Waals surface area contributed by atoms with Gasteiger partial charge in [0.2, 0.25) is 0 Å². The van der Waals surface area contributed by atoms with Crippen LogP contribution in [0.15, 0.2) is 0 Å². The van der Waals surface area contributed by atoms with Gasteiger partial charge in [0.1, 0.15) is 0 Å². The molecule has 0 aromatic carbocycles. The summed E-state index contributed by atoms with van der Waals surface area (Å²) in [7, 11) is 0. The summed E-state index contributed by atoms with van der Waals surface area (Å²) in [6.07, 6.45) is 1.49. The van der Waals surface area contributed by atoms with Gasteiger partial charge in [0, 0.05) is 22.1 Å². The Morgan fingerprint density at radius 3 is 1.80 bits per heavy atom. The molecule has 2 atom stereocenters. The van der Waals surface area contributed by atoms with Gasteiger partial charge in [-0.1, -0.05) is 36.4 Å². The molecule has 1 saturated carbocycles. The van der Waals surface area contributed by atoms with E-state index < -0.39 is 0 Å². The monoisotopic (exact) mass is 321 g/mol. The predicted molar refractivity (Wildman–Crippen MR) is 74.5 cm³/mol. The molecule has 0 radical (unpaired) electrons. The van der Waals surface area contributed by atoms with Crippen LogP contribution in [0, 0.1) is 17.8 Å². The summed E-state index contributed by atoms with van der Waals surface area (Å²) in [5, 5.41) is 0. The van der Waals surface area contributed by atoms with Gasteiger partial charge in [-0.2, -0.15) is 0 Å². The Bertz CT molecular complexity index is 236. The summed E-state index contributed by atoms with van der Waals surface area (Å²) < 4.78 is 0.495. The minimum Gasteiger partial charge on any atom is -0.298 e. The van der Waals surface area contributed by atoms with E-state index in [0.717, 1.165) is 17.8 Å². The number of hydrogen-bond donors (Lipinski definition) is 0. The van der Waals surface area contributed by atoms with Crippen LogP contribution in [0.4, 0.5) is 0 Å². The lowest BCUT2D eigenvalue weighted by molar-refractivity contribution is -0.0849. The zero-order valence-electron chi connectivity index (χ0n) is 10.7. The van der Waals surface area contributed by atoms with E-state index in [9.17, 15) is 0 Å². The van der Waals surface area contributed by atoms with Gasteiger partial charge in [-0.25, -0.2) is 0 Å². The summed E-state index contributed by atoms with van der Waals surface area (Å²) in [6, 6.07) is 0. The molecule has 0 amide bonds. The van der Waals surface area contributed by atoms with Crippen molar-refractivity contribution in [2.45, 2.75) is 50.0 Å². The van der Waals surface area contributed by atoms with Crippen molar-refractivity contribution in [1.29, 1.82) is 0 Å². The third kappa shape index (κ3) is 2.21. The van der Waals surface area contributed by atoms with Crippen molar-refractivity contribution in [3.8, 4) is 0 Å². The van der Waals surface area contributed by atoms with E-state index in [-0.39, 0.29) is 0 Å². The average molecular weight is 321 g/mol. The number of nitrogens with zero attached hydrogens (tertiary/aromatic N) is 1. The maximum atomic E-state index is 2.69. The fourth-order valence-electron chi connectivity index (χ4n) is 3.56. The van der Waals surface area contributed by atoms with Crippen molar-refractivity contribution in [3.05, 3.63) is 0 Å². The van der Waals surface area contributed by atoms with Crippen LogP contribution in [0.5, 0.6) is 0 Å². The first-order chi connectivity index (χ1) is 6.69. The fraction of sp³-hybridized carbons (Fsp3) is 1.00. The fourth-order valence-corrected chi connectivity index (χ4v) is 4.57. The molecule has 3 rings (SSSR count). The minimum absolute atomic E-state index is 0.372. The summed E-state index contributed by atoms with van der Waals surface area (Å²) in [5.74, 6) is 2.90. The van der Waals surface area contributed by atoms with E-state index in [1.807, 2.05) is 0 Å². The SMILES string of the molecule is CC(C)(I)C1C2CC1CN(C(C)(C)C)C2. The third-order valence-electron chi connectivity index (χ3n) is 4.27. The van der Waals surface area contributed by atoms with E-state index in [2.05, 4.69) is 62.1 Å². The molecule has 0 aromatic rings. The second-order valence-electron chi connectivity index (χ2n) is 6.92. The third-order valence-corrected chi connectivity index (χ3v) is 4.99. The molecule has 0 N–H and O–H groups in total. The van der Waals surface area contributed by atoms with Gasteiger partial charge in [0.25, 0.3) is 0 Å². The summed E-state index contributed by atoms with van der Waals surface area (Å²) in [4.78, 5) is 2.69. The highest BCUT2D eigenvalue weighted by Gasteiger charge is 2.53. The first-order valence-electron chi connectivity index (χ1n) is 6.13. The van der Waals surface area contributed by atoms with Gasteiger partial charge in [-0.15, -0.1) is 0 Å². The van der Waals surface area contributed by atoms with Crippen LogP contribution in [0.25, 0.3) is 0 Å². The Morgan fingerprint density at radius 2 is 1.47 bits per heavy atom. The predicted octanol–water partition coefficient (Wildman–Crippen LogP) is 3.57. The lowest BCUT2D eigenvalue weighted by Gasteiger charge is -2.60. The molecule has 1 nitrogen and oxygen atoms in total. The maximum Gasteiger partial charge on any atom is 0.0200 e. The van der Waals surface area contributed by atoms with Gasteiger partial charge in [-0.3, -0.25) is 4.90 Å². The number of halogens is 1. The van der Waals surface area contributed by atoms with E-state index in [4.69, 9.17) is 0 Å². The number of piperidine rings is 2. The highest BCUT2D eigenvalue weighted by atomic mass is 127. The Hall–Kier alpha value is 0.690. The van der Waals surface area contributed by atoms with Crippen molar-refractivity contribution in [3.63, 3.8) is 0 Å². The Kier molecular flexibility index (Phi) is 2.91. The average Bonchev–Trinajstić information content (AvgIpc) is 1.99. The Morgan fingerprint density at radius 1 is 1.00 bits per heavy atom. The van der Waals surface area contributed by atoms with Gasteiger partial charge in [-0.05, 0) is 44.9 Å². The van der Waals surface area contributed by atoms with Crippen molar-refractivity contribution in [2.24, 2.45) is 17.8 Å². The summed E-state index contributed by atoms with van der Waals surface area (Å²) in [6.45, 7) is 14.5. The molecule has 3 aliphatic rings. The molecule has 2 aliphatic heterocycles. The molecule has 88 valence electrons. The topological polar surface area (TPSA) is 3.24 Å². The van der Waals surface area contributed by atoms with Crippen molar-refractivity contribution in [2.75, 3.05) is 13.1 Å². The maximum absolute atomic E-state index is 2.69. The van der Waals surface area contributed by atoms with E-state index in [1.165, 1.54) is 19.5 Å². The quantitative estimate of drug-likeness (QED) is 0.527. The standard InChI is InChI=1S/C13H24IN/c1-12(2,3)15-7-9-6-10(8-15)11(9)13(4,5)14/h9-11H,6-8H2,1-5H3. The van der Waals surface area contributed by atoms with Crippen LogP contribution in [0.3, 0.4) is 0 Å². The van der Waals surface area contributed by atoms with Crippen molar-refractivity contribution in [1.82, 2.24) is 4.90 Å². The number of alkyl halides is 1. The van der Waals surface area contributed by atoms with Crippen LogP contribution in [-0.4, -0.2) is 27.0 Å². The van der Waals surface area contributed by atoms with Gasteiger partial charge in [0.15, 0.2) is 0 Å². The highest BCUT2D eigenvalue weighted by Crippen LogP contribution is 2.54. The number of rotatable bonds is 1. The van der Waals surface area contributed by atoms with Crippen LogP contribution in [-0.2, 0) is 0 Å². The highest BCUT2D eigenvalue weighted by molar-refractivity contribution is 14.1. The molecule has 0 spiro atoms. The van der Waals surface area contributed by atoms with Gasteiger partial charge < -0.3 is 0 Å². The molecule has 2 bridgehead atoms. The summed E-state index contributed by atoms with van der Waals surface area (Å²) >= 11 is 2.65. The second kappa shape index (κ2) is 3.59. The lowest BCUT2D eigenvalue weighted by Crippen LogP contribution is -2.63. The van der Waals surface area contributed by atoms with Gasteiger partial charge in [0.05, 0.1) is 0 Å². The molecule has 1 aliphatic carbocycles. The molecule has 2 heteroatoms. The van der Waals surface area contributed by atoms with Crippen molar-refractivity contribution < 1.29 is 0 Å². The zero-order valence-corrected chi connectivity index (χ0v) is 12.8. The van der Waals surface area contributed by atoms with Crippen LogP contribution >= 0.6 is 22.6 Å². The molecule has 2 heterocycles. The zero-order chi connectivity index (χ0) is 11.4.